The van der Waals surface area contributed by atoms with Crippen LogP contribution >= 0.6 is 10.7 Å². The zero-order valence-electron chi connectivity index (χ0n) is 6.97. The van der Waals surface area contributed by atoms with Crippen LogP contribution in [-0.4, -0.2) is 13.4 Å². The van der Waals surface area contributed by atoms with Gasteiger partial charge in [-0.05, 0) is 17.7 Å². The first kappa shape index (κ1) is 9.48. The Balaban J connectivity index is 2.44. The minimum Gasteiger partial charge on any atom is -0.443 e. The molecule has 0 bridgehead atoms. The quantitative estimate of drug-likeness (QED) is 0.741. The van der Waals surface area contributed by atoms with E-state index in [1.807, 2.05) is 0 Å². The Hall–Kier alpha value is -1.07. The summed E-state index contributed by atoms with van der Waals surface area (Å²) in [6.45, 7) is 0. The fourth-order valence-electron chi connectivity index (χ4n) is 1.19. The monoisotopic (exact) mass is 231 g/mol. The van der Waals surface area contributed by atoms with Crippen molar-refractivity contribution in [2.75, 3.05) is 0 Å². The molecule has 0 N–H and O–H groups in total. The average molecular weight is 232 g/mol. The normalized spacial score (nSPS) is 12.1. The smallest absolute Gasteiger partial charge is 0.236 e. The van der Waals surface area contributed by atoms with Crippen molar-refractivity contribution in [1.82, 2.24) is 4.98 Å². The molecule has 1 aromatic carbocycles. The molecule has 6 heteroatoms. The first-order chi connectivity index (χ1) is 6.54. The van der Waals surface area contributed by atoms with E-state index in [9.17, 15) is 8.42 Å². The molecule has 14 heavy (non-hydrogen) atoms. The van der Waals surface area contributed by atoms with E-state index in [1.165, 1.54) is 6.39 Å². The number of oxazole rings is 1. The van der Waals surface area contributed by atoms with E-state index < -0.39 is 9.05 Å². The van der Waals surface area contributed by atoms with Crippen molar-refractivity contribution in [3.05, 3.63) is 30.2 Å². The molecule has 2 aromatic rings. The topological polar surface area (TPSA) is 60.2 Å². The third-order valence-electron chi connectivity index (χ3n) is 1.73. The van der Waals surface area contributed by atoms with Crippen LogP contribution in [0.15, 0.2) is 29.0 Å². The number of fused-ring (bicyclic) bond motifs is 1. The number of benzene rings is 1. The summed E-state index contributed by atoms with van der Waals surface area (Å²) in [6.07, 6.45) is 1.31. The molecule has 74 valence electrons. The van der Waals surface area contributed by atoms with Crippen LogP contribution in [-0.2, 0) is 14.8 Å². The van der Waals surface area contributed by atoms with Crippen LogP contribution in [0.3, 0.4) is 0 Å². The summed E-state index contributed by atoms with van der Waals surface area (Å²) in [7, 11) is 1.61. The summed E-state index contributed by atoms with van der Waals surface area (Å²) in [5, 5.41) is 0. The molecule has 0 atom stereocenters. The lowest BCUT2D eigenvalue weighted by Crippen LogP contribution is -1.94. The predicted octanol–water partition coefficient (Wildman–Crippen LogP) is 1.90. The van der Waals surface area contributed by atoms with Gasteiger partial charge in [-0.1, -0.05) is 6.07 Å². The third kappa shape index (κ3) is 2.05. The molecule has 4 nitrogen and oxygen atoms in total. The van der Waals surface area contributed by atoms with Gasteiger partial charge < -0.3 is 4.42 Å². The molecule has 0 amide bonds. The molecule has 0 saturated carbocycles. The summed E-state index contributed by atoms with van der Waals surface area (Å²) in [4.78, 5) is 3.90. The maximum atomic E-state index is 10.8. The molecule has 0 fully saturated rings. The van der Waals surface area contributed by atoms with Gasteiger partial charge in [0, 0.05) is 10.7 Å². The van der Waals surface area contributed by atoms with Gasteiger partial charge in [-0.3, -0.25) is 0 Å². The fraction of sp³-hybridized carbons (Fsp3) is 0.125. The van der Waals surface area contributed by atoms with Gasteiger partial charge in [-0.2, -0.15) is 0 Å². The molecule has 0 radical (unpaired) electrons. The molecule has 0 spiro atoms. The number of rotatable bonds is 2. The van der Waals surface area contributed by atoms with Gasteiger partial charge in [0.25, 0.3) is 0 Å². The second-order valence-electron chi connectivity index (χ2n) is 2.84. The lowest BCUT2D eigenvalue weighted by Gasteiger charge is -1.96. The molecule has 0 saturated heterocycles. The van der Waals surface area contributed by atoms with Crippen molar-refractivity contribution < 1.29 is 12.8 Å². The van der Waals surface area contributed by atoms with E-state index in [-0.39, 0.29) is 5.75 Å². The van der Waals surface area contributed by atoms with Gasteiger partial charge >= 0.3 is 0 Å². The molecule has 2 rings (SSSR count). The maximum Gasteiger partial charge on any atom is 0.236 e. The molecule has 0 unspecified atom stereocenters. The molecular weight excluding hydrogens is 226 g/mol. The van der Waals surface area contributed by atoms with E-state index in [4.69, 9.17) is 15.1 Å². The Morgan fingerprint density at radius 1 is 1.43 bits per heavy atom. The Morgan fingerprint density at radius 2 is 2.21 bits per heavy atom. The highest BCUT2D eigenvalue weighted by atomic mass is 35.7. The van der Waals surface area contributed by atoms with Crippen LogP contribution in [0.1, 0.15) is 5.56 Å². The van der Waals surface area contributed by atoms with E-state index in [0.29, 0.717) is 16.7 Å². The first-order valence-electron chi connectivity index (χ1n) is 3.79. The molecule has 0 aliphatic heterocycles. The number of halogens is 1. The van der Waals surface area contributed by atoms with E-state index in [1.54, 1.807) is 18.2 Å². The van der Waals surface area contributed by atoms with Crippen LogP contribution in [0.2, 0.25) is 0 Å². The summed E-state index contributed by atoms with van der Waals surface area (Å²) in [5.41, 5.74) is 1.85. The van der Waals surface area contributed by atoms with Crippen LogP contribution in [0.4, 0.5) is 0 Å². The van der Waals surface area contributed by atoms with E-state index in [0.717, 1.165) is 0 Å². The number of hydrogen-bond donors (Lipinski definition) is 0. The van der Waals surface area contributed by atoms with Crippen LogP contribution in [0.25, 0.3) is 11.1 Å². The molecular formula is C8H6ClNO3S. The predicted molar refractivity (Wildman–Crippen MR) is 52.5 cm³/mol. The number of nitrogens with zero attached hydrogens (tertiary/aromatic N) is 1. The van der Waals surface area contributed by atoms with Crippen molar-refractivity contribution >= 4 is 30.8 Å². The summed E-state index contributed by atoms with van der Waals surface area (Å²) < 4.78 is 26.6. The highest BCUT2D eigenvalue weighted by molar-refractivity contribution is 8.13. The Morgan fingerprint density at radius 3 is 2.93 bits per heavy atom. The van der Waals surface area contributed by atoms with E-state index in [2.05, 4.69) is 4.98 Å². The molecule has 0 aliphatic rings. The van der Waals surface area contributed by atoms with Crippen molar-refractivity contribution in [3.63, 3.8) is 0 Å². The van der Waals surface area contributed by atoms with Gasteiger partial charge in [0.15, 0.2) is 12.0 Å². The summed E-state index contributed by atoms with van der Waals surface area (Å²) in [6, 6.07) is 4.95. The Bertz CT molecular complexity index is 561. The second kappa shape index (κ2) is 3.25. The summed E-state index contributed by atoms with van der Waals surface area (Å²) in [5.74, 6) is -0.197. The van der Waals surface area contributed by atoms with Crippen molar-refractivity contribution in [2.24, 2.45) is 0 Å². The van der Waals surface area contributed by atoms with Crippen molar-refractivity contribution in [3.8, 4) is 0 Å². The Labute approximate surface area is 84.9 Å². The zero-order valence-corrected chi connectivity index (χ0v) is 8.55. The standard InChI is InChI=1S/C8H6ClNO3S/c9-14(11,12)4-6-1-2-8-7(3-6)10-5-13-8/h1-3,5H,4H2. The fourth-order valence-corrected chi connectivity index (χ4v) is 2.15. The average Bonchev–Trinajstić information content (AvgIpc) is 2.47. The largest absolute Gasteiger partial charge is 0.443 e. The lowest BCUT2D eigenvalue weighted by atomic mass is 10.2. The van der Waals surface area contributed by atoms with Gasteiger partial charge in [-0.15, -0.1) is 0 Å². The minimum atomic E-state index is -3.52. The Kier molecular flexibility index (Phi) is 2.20. The van der Waals surface area contributed by atoms with Gasteiger partial charge in [0.05, 0.1) is 5.75 Å². The molecule has 0 aliphatic carbocycles. The minimum absolute atomic E-state index is 0.197. The van der Waals surface area contributed by atoms with Crippen LogP contribution in [0.5, 0.6) is 0 Å². The van der Waals surface area contributed by atoms with Crippen molar-refractivity contribution in [1.29, 1.82) is 0 Å². The SMILES string of the molecule is O=S(=O)(Cl)Cc1ccc2ocnc2c1. The number of aromatic nitrogens is 1. The van der Waals surface area contributed by atoms with Crippen molar-refractivity contribution in [2.45, 2.75) is 5.75 Å². The highest BCUT2D eigenvalue weighted by Crippen LogP contribution is 2.16. The van der Waals surface area contributed by atoms with Gasteiger partial charge in [0.2, 0.25) is 9.05 Å². The lowest BCUT2D eigenvalue weighted by molar-refractivity contribution is 0.601. The van der Waals surface area contributed by atoms with Crippen LogP contribution in [0, 0.1) is 0 Å². The first-order valence-corrected chi connectivity index (χ1v) is 6.27. The zero-order chi connectivity index (χ0) is 10.2. The van der Waals surface area contributed by atoms with E-state index >= 15 is 0 Å². The van der Waals surface area contributed by atoms with Gasteiger partial charge in [-0.25, -0.2) is 13.4 Å². The third-order valence-corrected chi connectivity index (χ3v) is 2.74. The van der Waals surface area contributed by atoms with Gasteiger partial charge in [0.1, 0.15) is 5.52 Å². The molecule has 1 aromatic heterocycles. The summed E-state index contributed by atoms with van der Waals surface area (Å²) >= 11 is 0. The highest BCUT2D eigenvalue weighted by Gasteiger charge is 2.08. The van der Waals surface area contributed by atoms with Crippen LogP contribution < -0.4 is 0 Å². The maximum absolute atomic E-state index is 10.8. The second-order valence-corrected chi connectivity index (χ2v) is 5.61. The number of hydrogen-bond acceptors (Lipinski definition) is 4. The molecule has 1 heterocycles.